The number of fused-ring (bicyclic) bond motifs is 1. The highest BCUT2D eigenvalue weighted by atomic mass is 16.3. The number of aromatic nitrogens is 1. The van der Waals surface area contributed by atoms with Gasteiger partial charge < -0.3 is 9.47 Å². The fourth-order valence-electron chi connectivity index (χ4n) is 3.19. The third kappa shape index (κ3) is 2.36. The van der Waals surface area contributed by atoms with Crippen LogP contribution in [0.3, 0.4) is 0 Å². The van der Waals surface area contributed by atoms with E-state index >= 15 is 0 Å². The van der Waals surface area contributed by atoms with Gasteiger partial charge in [-0.15, -0.1) is 4.91 Å². The number of hydrogen-bond acceptors (Lipinski definition) is 3. The lowest BCUT2D eigenvalue weighted by molar-refractivity contribution is 0.153. The number of piperidine rings is 1. The van der Waals surface area contributed by atoms with Crippen molar-refractivity contribution >= 4 is 16.6 Å². The van der Waals surface area contributed by atoms with Crippen molar-refractivity contribution in [3.05, 3.63) is 35.4 Å². The van der Waals surface area contributed by atoms with Crippen molar-refractivity contribution in [1.82, 2.24) is 9.47 Å². The van der Waals surface area contributed by atoms with Crippen molar-refractivity contribution in [2.75, 3.05) is 13.1 Å². The Balaban J connectivity index is 1.86. The Labute approximate surface area is 119 Å². The molecule has 4 heteroatoms. The highest BCUT2D eigenvalue weighted by molar-refractivity contribution is 5.83. The normalized spacial score (nSPS) is 17.9. The molecule has 1 aliphatic rings. The molecule has 0 spiro atoms. The van der Waals surface area contributed by atoms with Crippen LogP contribution in [-0.2, 0) is 0 Å². The number of benzene rings is 1. The first kappa shape index (κ1) is 13.3. The molecule has 0 unspecified atom stereocenters. The smallest absolute Gasteiger partial charge is 0.110 e. The second kappa shape index (κ2) is 5.37. The van der Waals surface area contributed by atoms with Crippen LogP contribution in [0.5, 0.6) is 0 Å². The van der Waals surface area contributed by atoms with Crippen LogP contribution in [-0.4, -0.2) is 28.6 Å². The fraction of sp³-hybridized carbons (Fsp3) is 0.500. The summed E-state index contributed by atoms with van der Waals surface area (Å²) in [4.78, 5) is 13.2. The van der Waals surface area contributed by atoms with Crippen LogP contribution >= 0.6 is 0 Å². The number of rotatable bonds is 3. The SMILES string of the molecule is CC(C)N1CCC(n2ccc3ccc(N=O)cc32)CC1. The van der Waals surface area contributed by atoms with Crippen molar-refractivity contribution in [3.8, 4) is 0 Å². The van der Waals surface area contributed by atoms with Gasteiger partial charge in [0.05, 0.1) is 5.52 Å². The molecule has 0 saturated carbocycles. The zero-order valence-electron chi connectivity index (χ0n) is 12.1. The van der Waals surface area contributed by atoms with Crippen LogP contribution in [0.1, 0.15) is 32.7 Å². The maximum Gasteiger partial charge on any atom is 0.110 e. The Morgan fingerprint density at radius 2 is 1.95 bits per heavy atom. The number of nitrogens with zero attached hydrogens (tertiary/aromatic N) is 3. The molecule has 0 radical (unpaired) electrons. The van der Waals surface area contributed by atoms with Crippen LogP contribution in [0.2, 0.25) is 0 Å². The molecule has 0 aliphatic carbocycles. The van der Waals surface area contributed by atoms with Crippen LogP contribution < -0.4 is 0 Å². The molecule has 1 fully saturated rings. The number of hydrogen-bond donors (Lipinski definition) is 0. The molecule has 1 aromatic carbocycles. The van der Waals surface area contributed by atoms with Crippen molar-refractivity contribution in [3.63, 3.8) is 0 Å². The zero-order chi connectivity index (χ0) is 14.1. The standard InChI is InChI=1S/C16H21N3O/c1-12(2)18-8-6-15(7-9-18)19-10-5-13-3-4-14(17-20)11-16(13)19/h3-5,10-12,15H,6-9H2,1-2H3. The molecule has 0 N–H and O–H groups in total. The van der Waals surface area contributed by atoms with E-state index in [1.165, 1.54) is 18.2 Å². The Kier molecular flexibility index (Phi) is 3.57. The molecule has 0 bridgehead atoms. The first-order chi connectivity index (χ1) is 9.69. The molecular weight excluding hydrogens is 250 g/mol. The van der Waals surface area contributed by atoms with Crippen molar-refractivity contribution in [2.24, 2.45) is 5.18 Å². The molecule has 106 valence electrons. The Bertz CT molecular complexity index is 609. The highest BCUT2D eigenvalue weighted by Gasteiger charge is 2.22. The van der Waals surface area contributed by atoms with E-state index in [2.05, 4.69) is 40.8 Å². The van der Waals surface area contributed by atoms with E-state index in [-0.39, 0.29) is 0 Å². The lowest BCUT2D eigenvalue weighted by atomic mass is 10.0. The summed E-state index contributed by atoms with van der Waals surface area (Å²) in [7, 11) is 0. The van der Waals surface area contributed by atoms with Gasteiger partial charge >= 0.3 is 0 Å². The van der Waals surface area contributed by atoms with Crippen LogP contribution in [0, 0.1) is 4.91 Å². The van der Waals surface area contributed by atoms with Crippen molar-refractivity contribution < 1.29 is 0 Å². The average Bonchev–Trinajstić information content (AvgIpc) is 2.90. The lowest BCUT2D eigenvalue weighted by Crippen LogP contribution is -2.38. The van der Waals surface area contributed by atoms with Gasteiger partial charge in [-0.3, -0.25) is 0 Å². The van der Waals surface area contributed by atoms with E-state index in [1.807, 2.05) is 12.1 Å². The Morgan fingerprint density at radius 3 is 2.60 bits per heavy atom. The van der Waals surface area contributed by atoms with E-state index in [0.29, 0.717) is 17.8 Å². The average molecular weight is 271 g/mol. The van der Waals surface area contributed by atoms with Gasteiger partial charge in [-0.05, 0) is 55.5 Å². The molecule has 2 aromatic rings. The largest absolute Gasteiger partial charge is 0.344 e. The lowest BCUT2D eigenvalue weighted by Gasteiger charge is -2.35. The maximum absolute atomic E-state index is 10.7. The Hall–Kier alpha value is -1.68. The summed E-state index contributed by atoms with van der Waals surface area (Å²) >= 11 is 0. The van der Waals surface area contributed by atoms with Gasteiger partial charge in [0.2, 0.25) is 0 Å². The van der Waals surface area contributed by atoms with Crippen molar-refractivity contribution in [2.45, 2.75) is 38.8 Å². The fourth-order valence-corrected chi connectivity index (χ4v) is 3.19. The maximum atomic E-state index is 10.7. The number of likely N-dealkylation sites (tertiary alicyclic amines) is 1. The van der Waals surface area contributed by atoms with Crippen LogP contribution in [0.4, 0.5) is 5.69 Å². The molecular formula is C16H21N3O. The molecule has 0 amide bonds. The molecule has 0 atom stereocenters. The van der Waals surface area contributed by atoms with E-state index in [0.717, 1.165) is 18.6 Å². The first-order valence-corrected chi connectivity index (χ1v) is 7.37. The third-order valence-corrected chi connectivity index (χ3v) is 4.44. The predicted molar refractivity (Wildman–Crippen MR) is 82.4 cm³/mol. The zero-order valence-corrected chi connectivity index (χ0v) is 12.1. The van der Waals surface area contributed by atoms with Gasteiger partial charge in [-0.2, -0.15) is 0 Å². The van der Waals surface area contributed by atoms with Gasteiger partial charge in [-0.25, -0.2) is 0 Å². The summed E-state index contributed by atoms with van der Waals surface area (Å²) in [6.07, 6.45) is 4.48. The third-order valence-electron chi connectivity index (χ3n) is 4.44. The molecule has 20 heavy (non-hydrogen) atoms. The van der Waals surface area contributed by atoms with Crippen molar-refractivity contribution in [1.29, 1.82) is 0 Å². The monoisotopic (exact) mass is 271 g/mol. The minimum Gasteiger partial charge on any atom is -0.344 e. The van der Waals surface area contributed by atoms with Gasteiger partial charge in [0.25, 0.3) is 0 Å². The summed E-state index contributed by atoms with van der Waals surface area (Å²) in [5.74, 6) is 0. The quantitative estimate of drug-likeness (QED) is 0.789. The van der Waals surface area contributed by atoms with Gasteiger partial charge in [-0.1, -0.05) is 6.07 Å². The first-order valence-electron chi connectivity index (χ1n) is 7.37. The molecule has 2 heterocycles. The summed E-state index contributed by atoms with van der Waals surface area (Å²) in [6.45, 7) is 6.81. The van der Waals surface area contributed by atoms with Crippen LogP contribution in [0.25, 0.3) is 10.9 Å². The topological polar surface area (TPSA) is 37.6 Å². The minimum absolute atomic E-state index is 0.511. The molecule has 3 rings (SSSR count). The minimum atomic E-state index is 0.511. The Morgan fingerprint density at radius 1 is 1.20 bits per heavy atom. The highest BCUT2D eigenvalue weighted by Crippen LogP contribution is 2.30. The van der Waals surface area contributed by atoms with Gasteiger partial charge in [0.15, 0.2) is 0 Å². The molecule has 1 aromatic heterocycles. The van der Waals surface area contributed by atoms with E-state index in [9.17, 15) is 4.91 Å². The van der Waals surface area contributed by atoms with E-state index < -0.39 is 0 Å². The summed E-state index contributed by atoms with van der Waals surface area (Å²) < 4.78 is 2.32. The predicted octanol–water partition coefficient (Wildman–Crippen LogP) is 4.08. The van der Waals surface area contributed by atoms with E-state index in [1.54, 1.807) is 6.07 Å². The van der Waals surface area contributed by atoms with Gasteiger partial charge in [0, 0.05) is 31.4 Å². The number of nitroso groups, excluding NO2 is 1. The summed E-state index contributed by atoms with van der Waals surface area (Å²) in [5.41, 5.74) is 1.64. The van der Waals surface area contributed by atoms with E-state index in [4.69, 9.17) is 0 Å². The van der Waals surface area contributed by atoms with Crippen LogP contribution in [0.15, 0.2) is 35.6 Å². The summed E-state index contributed by atoms with van der Waals surface area (Å²) in [6, 6.07) is 8.94. The second-order valence-corrected chi connectivity index (χ2v) is 5.92. The second-order valence-electron chi connectivity index (χ2n) is 5.92. The summed E-state index contributed by atoms with van der Waals surface area (Å²) in [5, 5.41) is 4.23. The molecule has 4 nitrogen and oxygen atoms in total. The molecule has 1 aliphatic heterocycles. The molecule has 1 saturated heterocycles. The van der Waals surface area contributed by atoms with Gasteiger partial charge in [0.1, 0.15) is 5.69 Å².